The van der Waals surface area contributed by atoms with Crippen LogP contribution >= 0.6 is 23.8 Å². The smallest absolute Gasteiger partial charge is 0.264 e. The SMILES string of the molecule is COc1ccc(Oc2ccc(N=Cc3c(O)n(-c4ccc(F)c(Cl)c4)c(=S)[nH]c3=O)cc2)cc1. The number of rotatable bonds is 6. The van der Waals surface area contributed by atoms with E-state index in [0.29, 0.717) is 17.2 Å². The summed E-state index contributed by atoms with van der Waals surface area (Å²) in [5, 5.41) is 10.6. The molecule has 0 fully saturated rings. The monoisotopic (exact) mass is 497 g/mol. The van der Waals surface area contributed by atoms with Crippen LogP contribution in [0, 0.1) is 10.6 Å². The molecule has 3 aromatic carbocycles. The molecular formula is C24H17ClFN3O4S. The molecule has 4 rings (SSSR count). The van der Waals surface area contributed by atoms with Crippen LogP contribution in [0.3, 0.4) is 0 Å². The van der Waals surface area contributed by atoms with Gasteiger partial charge in [0.1, 0.15) is 28.6 Å². The van der Waals surface area contributed by atoms with Gasteiger partial charge < -0.3 is 14.6 Å². The fourth-order valence-corrected chi connectivity index (χ4v) is 3.50. The summed E-state index contributed by atoms with van der Waals surface area (Å²) in [6, 6.07) is 17.8. The number of hydrogen-bond acceptors (Lipinski definition) is 6. The Morgan fingerprint density at radius 3 is 2.29 bits per heavy atom. The molecule has 2 N–H and O–H groups in total. The standard InChI is InChI=1S/C24H17ClFN3O4S/c1-32-16-7-9-18(10-8-16)33-17-5-2-14(3-6-17)27-13-19-22(30)28-24(34)29(23(19)31)15-4-11-21(26)20(25)12-15/h2-13,31H,1H3,(H,28,30,34). The van der Waals surface area contributed by atoms with Crippen molar-refractivity contribution < 1.29 is 19.0 Å². The first-order chi connectivity index (χ1) is 16.4. The molecule has 1 heterocycles. The molecule has 0 saturated heterocycles. The Hall–Kier alpha value is -3.95. The third kappa shape index (κ3) is 5.00. The Morgan fingerprint density at radius 2 is 1.68 bits per heavy atom. The molecule has 0 amide bonds. The Kier molecular flexibility index (Phi) is 6.76. The predicted octanol–water partition coefficient (Wildman–Crippen LogP) is 5.94. The van der Waals surface area contributed by atoms with Crippen LogP contribution in [0.15, 0.2) is 76.5 Å². The minimum absolute atomic E-state index is 0.0811. The Balaban J connectivity index is 1.59. The molecule has 0 saturated carbocycles. The number of aliphatic imine (C=N–C) groups is 1. The van der Waals surface area contributed by atoms with Gasteiger partial charge in [0.15, 0.2) is 4.77 Å². The summed E-state index contributed by atoms with van der Waals surface area (Å²) in [6.07, 6.45) is 1.21. The van der Waals surface area contributed by atoms with Crippen LogP contribution in [-0.4, -0.2) is 28.0 Å². The molecule has 7 nitrogen and oxygen atoms in total. The summed E-state index contributed by atoms with van der Waals surface area (Å²) >= 11 is 11.0. The minimum atomic E-state index is -0.629. The highest BCUT2D eigenvalue weighted by Crippen LogP contribution is 2.27. The zero-order valence-electron chi connectivity index (χ0n) is 17.7. The number of H-pyrrole nitrogens is 1. The number of nitrogens with one attached hydrogen (secondary N) is 1. The van der Waals surface area contributed by atoms with Crippen LogP contribution in [0.4, 0.5) is 10.1 Å². The fourth-order valence-electron chi connectivity index (χ4n) is 3.04. The zero-order valence-corrected chi connectivity index (χ0v) is 19.2. The number of aromatic amines is 1. The lowest BCUT2D eigenvalue weighted by molar-refractivity contribution is 0.413. The molecule has 4 aromatic rings. The van der Waals surface area contributed by atoms with E-state index in [4.69, 9.17) is 33.3 Å². The number of hydrogen-bond donors (Lipinski definition) is 2. The first-order valence-corrected chi connectivity index (χ1v) is 10.6. The number of aromatic nitrogens is 2. The van der Waals surface area contributed by atoms with Crippen molar-refractivity contribution in [2.45, 2.75) is 0 Å². The van der Waals surface area contributed by atoms with Gasteiger partial charge in [-0.05, 0) is 78.9 Å². The molecule has 10 heteroatoms. The van der Waals surface area contributed by atoms with Gasteiger partial charge in [0, 0.05) is 6.21 Å². The maximum Gasteiger partial charge on any atom is 0.264 e. The summed E-state index contributed by atoms with van der Waals surface area (Å²) in [5.74, 6) is 0.874. The van der Waals surface area contributed by atoms with E-state index in [9.17, 15) is 14.3 Å². The van der Waals surface area contributed by atoms with Gasteiger partial charge >= 0.3 is 0 Å². The highest BCUT2D eigenvalue weighted by atomic mass is 35.5. The van der Waals surface area contributed by atoms with Gasteiger partial charge in [-0.1, -0.05) is 11.6 Å². The van der Waals surface area contributed by atoms with Crippen molar-refractivity contribution in [1.82, 2.24) is 9.55 Å². The third-order valence-electron chi connectivity index (χ3n) is 4.76. The quantitative estimate of drug-likeness (QED) is 0.254. The van der Waals surface area contributed by atoms with E-state index in [2.05, 4.69) is 9.98 Å². The molecule has 34 heavy (non-hydrogen) atoms. The van der Waals surface area contributed by atoms with Gasteiger partial charge in [-0.3, -0.25) is 19.3 Å². The summed E-state index contributed by atoms with van der Waals surface area (Å²) < 4.78 is 25.5. The molecule has 0 spiro atoms. The summed E-state index contributed by atoms with van der Waals surface area (Å²) in [4.78, 5) is 19.1. The van der Waals surface area contributed by atoms with Gasteiger partial charge in [-0.2, -0.15) is 0 Å². The summed E-state index contributed by atoms with van der Waals surface area (Å²) in [6.45, 7) is 0. The van der Waals surface area contributed by atoms with Crippen molar-refractivity contribution in [2.75, 3.05) is 7.11 Å². The van der Waals surface area contributed by atoms with E-state index in [-0.39, 0.29) is 21.0 Å². The van der Waals surface area contributed by atoms with E-state index < -0.39 is 17.3 Å². The Bertz CT molecular complexity index is 1480. The number of methoxy groups -OCH3 is 1. The highest BCUT2D eigenvalue weighted by molar-refractivity contribution is 7.71. The van der Waals surface area contributed by atoms with Crippen molar-refractivity contribution in [3.8, 4) is 28.8 Å². The third-order valence-corrected chi connectivity index (χ3v) is 5.33. The average molecular weight is 498 g/mol. The largest absolute Gasteiger partial charge is 0.497 e. The van der Waals surface area contributed by atoms with Gasteiger partial charge in [0.05, 0.1) is 23.5 Å². The number of halogens is 2. The second kappa shape index (κ2) is 9.90. The number of nitrogens with zero attached hydrogens (tertiary/aromatic N) is 2. The topological polar surface area (TPSA) is 88.8 Å². The lowest BCUT2D eigenvalue weighted by atomic mass is 10.2. The van der Waals surface area contributed by atoms with Gasteiger partial charge in [0.25, 0.3) is 5.56 Å². The van der Waals surface area contributed by atoms with Crippen LogP contribution < -0.4 is 15.0 Å². The van der Waals surface area contributed by atoms with Gasteiger partial charge in [-0.25, -0.2) is 4.39 Å². The normalized spacial score (nSPS) is 11.0. The zero-order chi connectivity index (χ0) is 24.2. The lowest BCUT2D eigenvalue weighted by Crippen LogP contribution is -2.18. The molecule has 0 aliphatic carbocycles. The molecule has 172 valence electrons. The number of aromatic hydroxyl groups is 1. The molecule has 0 atom stereocenters. The summed E-state index contributed by atoms with van der Waals surface area (Å²) in [5.41, 5.74) is 0.0299. The second-order valence-electron chi connectivity index (χ2n) is 6.96. The molecule has 1 aromatic heterocycles. The number of benzene rings is 3. The van der Waals surface area contributed by atoms with Crippen LogP contribution in [0.1, 0.15) is 5.56 Å². The van der Waals surface area contributed by atoms with Crippen molar-refractivity contribution in [3.05, 3.63) is 98.3 Å². The molecule has 0 unspecified atom stereocenters. The highest BCUT2D eigenvalue weighted by Gasteiger charge is 2.14. The van der Waals surface area contributed by atoms with Crippen molar-refractivity contribution in [1.29, 1.82) is 0 Å². The molecule has 0 bridgehead atoms. The maximum absolute atomic E-state index is 13.5. The fraction of sp³-hybridized carbons (Fsp3) is 0.0417. The van der Waals surface area contributed by atoms with Crippen molar-refractivity contribution in [2.24, 2.45) is 4.99 Å². The first-order valence-electron chi connectivity index (χ1n) is 9.85. The van der Waals surface area contributed by atoms with Gasteiger partial charge in [-0.15, -0.1) is 0 Å². The van der Waals surface area contributed by atoms with E-state index in [1.165, 1.54) is 18.3 Å². The van der Waals surface area contributed by atoms with Crippen LogP contribution in [-0.2, 0) is 0 Å². The van der Waals surface area contributed by atoms with E-state index >= 15 is 0 Å². The van der Waals surface area contributed by atoms with E-state index in [1.807, 2.05) is 0 Å². The Labute approximate surface area is 203 Å². The first kappa shape index (κ1) is 23.2. The Morgan fingerprint density at radius 1 is 1.06 bits per heavy atom. The van der Waals surface area contributed by atoms with E-state index in [1.54, 1.807) is 55.6 Å². The van der Waals surface area contributed by atoms with Gasteiger partial charge in [0.2, 0.25) is 5.88 Å². The van der Waals surface area contributed by atoms with Crippen LogP contribution in [0.2, 0.25) is 5.02 Å². The second-order valence-corrected chi connectivity index (χ2v) is 7.75. The van der Waals surface area contributed by atoms with E-state index in [0.717, 1.165) is 16.4 Å². The molecule has 0 radical (unpaired) electrons. The number of ether oxygens (including phenoxy) is 2. The summed E-state index contributed by atoms with van der Waals surface area (Å²) in [7, 11) is 1.59. The molecule has 0 aliphatic heterocycles. The molecular weight excluding hydrogens is 481 g/mol. The van der Waals surface area contributed by atoms with Crippen molar-refractivity contribution in [3.63, 3.8) is 0 Å². The van der Waals surface area contributed by atoms with Crippen LogP contribution in [0.25, 0.3) is 5.69 Å². The molecule has 0 aliphatic rings. The van der Waals surface area contributed by atoms with Crippen LogP contribution in [0.5, 0.6) is 23.1 Å². The lowest BCUT2D eigenvalue weighted by Gasteiger charge is -2.11. The average Bonchev–Trinajstić information content (AvgIpc) is 2.82. The predicted molar refractivity (Wildman–Crippen MR) is 131 cm³/mol. The van der Waals surface area contributed by atoms with Crippen molar-refractivity contribution >= 4 is 35.7 Å². The minimum Gasteiger partial charge on any atom is -0.497 e. The maximum atomic E-state index is 13.5.